The molecule has 0 aromatic carbocycles. The summed E-state index contributed by atoms with van der Waals surface area (Å²) in [6, 6.07) is 1.60. The van der Waals surface area contributed by atoms with Crippen LogP contribution in [0, 0.1) is 0 Å². The molecule has 1 aromatic rings. The number of aromatic nitrogens is 1. The van der Waals surface area contributed by atoms with Crippen molar-refractivity contribution in [2.24, 2.45) is 0 Å². The van der Waals surface area contributed by atoms with Gasteiger partial charge in [0, 0.05) is 29.0 Å². The van der Waals surface area contributed by atoms with Crippen LogP contribution < -0.4 is 10.0 Å². The summed E-state index contributed by atoms with van der Waals surface area (Å²) in [5.74, 6) is 2.23. The maximum Gasteiger partial charge on any atom is 0.244 e. The third-order valence-corrected chi connectivity index (χ3v) is 5.83. The van der Waals surface area contributed by atoms with E-state index in [1.807, 2.05) is 6.92 Å². The van der Waals surface area contributed by atoms with Crippen molar-refractivity contribution in [3.05, 3.63) is 16.7 Å². The minimum Gasteiger partial charge on any atom is -0.369 e. The van der Waals surface area contributed by atoms with Gasteiger partial charge in [0.15, 0.2) is 0 Å². The molecule has 1 saturated heterocycles. The van der Waals surface area contributed by atoms with Gasteiger partial charge in [-0.15, -0.1) is 0 Å². The Kier molecular flexibility index (Phi) is 5.10. The van der Waals surface area contributed by atoms with Gasteiger partial charge in [-0.3, -0.25) is 0 Å². The van der Waals surface area contributed by atoms with Crippen molar-refractivity contribution in [1.29, 1.82) is 0 Å². The first-order chi connectivity index (χ1) is 9.03. The molecule has 5 nitrogen and oxygen atoms in total. The van der Waals surface area contributed by atoms with Crippen LogP contribution in [0.15, 0.2) is 21.6 Å². The predicted molar refractivity (Wildman–Crippen MR) is 82.2 cm³/mol. The summed E-state index contributed by atoms with van der Waals surface area (Å²) in [6.07, 6.45) is 2.46. The number of rotatable bonds is 5. The number of thioether (sulfide) groups is 1. The third-order valence-electron chi connectivity index (χ3n) is 2.70. The van der Waals surface area contributed by atoms with Crippen LogP contribution in [0.1, 0.15) is 13.3 Å². The Morgan fingerprint density at radius 1 is 1.58 bits per heavy atom. The zero-order valence-corrected chi connectivity index (χ0v) is 13.7. The molecule has 2 rings (SSSR count). The zero-order chi connectivity index (χ0) is 13.9. The van der Waals surface area contributed by atoms with E-state index in [4.69, 9.17) is 0 Å². The van der Waals surface area contributed by atoms with E-state index in [1.54, 1.807) is 24.0 Å². The lowest BCUT2D eigenvalue weighted by Gasteiger charge is -2.15. The fourth-order valence-corrected chi connectivity index (χ4v) is 5.01. The van der Waals surface area contributed by atoms with E-state index in [0.717, 1.165) is 17.9 Å². The Bertz CT molecular complexity index is 545. The third kappa shape index (κ3) is 3.84. The van der Waals surface area contributed by atoms with E-state index in [-0.39, 0.29) is 10.9 Å². The number of pyridine rings is 1. The van der Waals surface area contributed by atoms with Gasteiger partial charge < -0.3 is 5.32 Å². The largest absolute Gasteiger partial charge is 0.369 e. The zero-order valence-electron chi connectivity index (χ0n) is 10.5. The van der Waals surface area contributed by atoms with Gasteiger partial charge in [-0.25, -0.2) is 18.1 Å². The molecule has 0 bridgehead atoms. The van der Waals surface area contributed by atoms with Crippen molar-refractivity contribution in [3.8, 4) is 0 Å². The molecule has 0 saturated carbocycles. The van der Waals surface area contributed by atoms with Gasteiger partial charge in [-0.2, -0.15) is 11.8 Å². The highest BCUT2D eigenvalue weighted by molar-refractivity contribution is 9.10. The topological polar surface area (TPSA) is 71.1 Å². The van der Waals surface area contributed by atoms with Gasteiger partial charge in [-0.1, -0.05) is 0 Å². The molecule has 2 heterocycles. The lowest BCUT2D eigenvalue weighted by atomic mass is 10.3. The summed E-state index contributed by atoms with van der Waals surface area (Å²) >= 11 is 5.03. The smallest absolute Gasteiger partial charge is 0.244 e. The van der Waals surface area contributed by atoms with E-state index < -0.39 is 10.0 Å². The lowest BCUT2D eigenvalue weighted by molar-refractivity contribution is 0.563. The van der Waals surface area contributed by atoms with Gasteiger partial charge in [0.05, 0.1) is 0 Å². The SMILES string of the molecule is CCNc1ncc(Br)cc1S(=O)(=O)NC1CCSC1. The fraction of sp³-hybridized carbons (Fsp3) is 0.545. The van der Waals surface area contributed by atoms with E-state index in [1.165, 1.54) is 0 Å². The average Bonchev–Trinajstić information content (AvgIpc) is 2.83. The van der Waals surface area contributed by atoms with Crippen LogP contribution in [0.2, 0.25) is 0 Å². The predicted octanol–water partition coefficient (Wildman–Crippen LogP) is 2.06. The molecular formula is C11H16BrN3O2S2. The minimum absolute atomic E-state index is 0.0171. The highest BCUT2D eigenvalue weighted by Gasteiger charge is 2.26. The monoisotopic (exact) mass is 365 g/mol. The van der Waals surface area contributed by atoms with Gasteiger partial charge in [0.1, 0.15) is 10.7 Å². The highest BCUT2D eigenvalue weighted by Crippen LogP contribution is 2.25. The molecule has 106 valence electrons. The highest BCUT2D eigenvalue weighted by atomic mass is 79.9. The van der Waals surface area contributed by atoms with Crippen LogP contribution in [0.4, 0.5) is 5.82 Å². The van der Waals surface area contributed by atoms with E-state index in [2.05, 4.69) is 31.0 Å². The van der Waals surface area contributed by atoms with Crippen molar-refractivity contribution in [3.63, 3.8) is 0 Å². The minimum atomic E-state index is -3.54. The molecule has 8 heteroatoms. The molecule has 0 amide bonds. The van der Waals surface area contributed by atoms with Gasteiger partial charge in [0.2, 0.25) is 10.0 Å². The maximum atomic E-state index is 12.4. The molecule has 0 aliphatic carbocycles. The second-order valence-corrected chi connectivity index (χ2v) is 7.96. The number of hydrogen-bond donors (Lipinski definition) is 2. The molecule has 1 aromatic heterocycles. The van der Waals surface area contributed by atoms with Crippen LogP contribution in [0.5, 0.6) is 0 Å². The van der Waals surface area contributed by atoms with Crippen molar-refractivity contribution in [1.82, 2.24) is 9.71 Å². The Labute approximate surface area is 126 Å². The number of nitrogens with zero attached hydrogens (tertiary/aromatic N) is 1. The van der Waals surface area contributed by atoms with Gasteiger partial charge in [0.25, 0.3) is 0 Å². The molecule has 1 aliphatic rings. The maximum absolute atomic E-state index is 12.4. The quantitative estimate of drug-likeness (QED) is 0.835. The van der Waals surface area contributed by atoms with E-state index in [9.17, 15) is 8.42 Å². The van der Waals surface area contributed by atoms with Crippen LogP contribution in [-0.2, 0) is 10.0 Å². The average molecular weight is 366 g/mol. The summed E-state index contributed by atoms with van der Waals surface area (Å²) in [6.45, 7) is 2.53. The number of hydrogen-bond acceptors (Lipinski definition) is 5. The second kappa shape index (κ2) is 6.43. The normalized spacial score (nSPS) is 19.6. The van der Waals surface area contributed by atoms with E-state index in [0.29, 0.717) is 16.8 Å². The molecular weight excluding hydrogens is 350 g/mol. The van der Waals surface area contributed by atoms with Gasteiger partial charge in [-0.05, 0) is 41.1 Å². The lowest BCUT2D eigenvalue weighted by Crippen LogP contribution is -2.35. The first-order valence-electron chi connectivity index (χ1n) is 6.02. The number of sulfonamides is 1. The Balaban J connectivity index is 2.29. The molecule has 1 fully saturated rings. The first-order valence-corrected chi connectivity index (χ1v) is 9.45. The molecule has 2 N–H and O–H groups in total. The Morgan fingerprint density at radius 3 is 3.00 bits per heavy atom. The summed E-state index contributed by atoms with van der Waals surface area (Å²) < 4.78 is 28.2. The van der Waals surface area contributed by atoms with Crippen LogP contribution in [0.3, 0.4) is 0 Å². The summed E-state index contributed by atoms with van der Waals surface area (Å²) in [4.78, 5) is 4.32. The van der Waals surface area contributed by atoms with Crippen molar-refractivity contribution in [2.45, 2.75) is 24.3 Å². The molecule has 1 atom stereocenters. The fourth-order valence-electron chi connectivity index (χ4n) is 1.84. The molecule has 1 unspecified atom stereocenters. The Morgan fingerprint density at radius 2 is 2.37 bits per heavy atom. The summed E-state index contributed by atoms with van der Waals surface area (Å²) in [7, 11) is -3.54. The molecule has 0 radical (unpaired) electrons. The van der Waals surface area contributed by atoms with Crippen LogP contribution in [0.25, 0.3) is 0 Å². The summed E-state index contributed by atoms with van der Waals surface area (Å²) in [5.41, 5.74) is 0. The number of halogens is 1. The standard InChI is InChI=1S/C11H16BrN3O2S2/c1-2-13-11-10(5-8(12)6-14-11)19(16,17)15-9-3-4-18-7-9/h5-6,9,15H,2-4,7H2,1H3,(H,13,14). The molecule has 1 aliphatic heterocycles. The first kappa shape index (κ1) is 15.1. The second-order valence-electron chi connectivity index (χ2n) is 4.21. The van der Waals surface area contributed by atoms with Crippen LogP contribution in [-0.4, -0.2) is 37.5 Å². The van der Waals surface area contributed by atoms with Crippen molar-refractivity contribution < 1.29 is 8.42 Å². The Hall–Kier alpha value is -0.310. The van der Waals surface area contributed by atoms with E-state index >= 15 is 0 Å². The summed E-state index contributed by atoms with van der Waals surface area (Å²) in [5, 5.41) is 2.98. The van der Waals surface area contributed by atoms with Gasteiger partial charge >= 0.3 is 0 Å². The van der Waals surface area contributed by atoms with Crippen molar-refractivity contribution in [2.75, 3.05) is 23.4 Å². The molecule has 0 spiro atoms. The van der Waals surface area contributed by atoms with Crippen molar-refractivity contribution >= 4 is 43.5 Å². The number of nitrogens with one attached hydrogen (secondary N) is 2. The molecule has 19 heavy (non-hydrogen) atoms. The van der Waals surface area contributed by atoms with Crippen LogP contribution >= 0.6 is 27.7 Å². The number of anilines is 1.